The van der Waals surface area contributed by atoms with Crippen molar-refractivity contribution in [3.05, 3.63) is 29.8 Å². The molecule has 1 N–H and O–H groups in total. The van der Waals surface area contributed by atoms with Gasteiger partial charge in [-0.3, -0.25) is 0 Å². The summed E-state index contributed by atoms with van der Waals surface area (Å²) in [7, 11) is 1.80. The smallest absolute Gasteiger partial charge is 0.162 e. The van der Waals surface area contributed by atoms with Crippen LogP contribution in [0.1, 0.15) is 6.92 Å². The minimum atomic E-state index is -0.890. The van der Waals surface area contributed by atoms with Gasteiger partial charge in [0.2, 0.25) is 0 Å². The van der Waals surface area contributed by atoms with Crippen molar-refractivity contribution in [1.82, 2.24) is 5.32 Å². The second kappa shape index (κ2) is 4.91. The fourth-order valence-electron chi connectivity index (χ4n) is 1.11. The number of hydrogen-bond acceptors (Lipinski definition) is 2. The summed E-state index contributed by atoms with van der Waals surface area (Å²) in [4.78, 5) is 0. The predicted molar refractivity (Wildman–Crippen MR) is 50.4 cm³/mol. The first kappa shape index (κ1) is 10.9. The first-order chi connectivity index (χ1) is 6.63. The molecule has 0 saturated heterocycles. The summed E-state index contributed by atoms with van der Waals surface area (Å²) < 4.78 is 30.6. The molecule has 2 nitrogen and oxygen atoms in total. The van der Waals surface area contributed by atoms with Gasteiger partial charge in [-0.15, -0.1) is 0 Å². The molecule has 0 aliphatic rings. The van der Waals surface area contributed by atoms with E-state index in [9.17, 15) is 8.78 Å². The molecule has 0 aliphatic carbocycles. The van der Waals surface area contributed by atoms with Crippen molar-refractivity contribution >= 4 is 0 Å². The molecule has 0 heterocycles. The summed E-state index contributed by atoms with van der Waals surface area (Å²) >= 11 is 0. The second-order valence-electron chi connectivity index (χ2n) is 3.06. The number of benzene rings is 1. The van der Waals surface area contributed by atoms with Gasteiger partial charge in [0, 0.05) is 12.6 Å². The van der Waals surface area contributed by atoms with E-state index in [1.165, 1.54) is 6.07 Å². The van der Waals surface area contributed by atoms with E-state index in [4.69, 9.17) is 4.74 Å². The molecule has 1 aromatic rings. The van der Waals surface area contributed by atoms with Crippen molar-refractivity contribution in [2.75, 3.05) is 13.6 Å². The van der Waals surface area contributed by atoms with Gasteiger partial charge in [0.1, 0.15) is 11.9 Å². The van der Waals surface area contributed by atoms with E-state index in [1.54, 1.807) is 7.05 Å². The first-order valence-corrected chi connectivity index (χ1v) is 4.39. The Balaban J connectivity index is 2.63. The first-order valence-electron chi connectivity index (χ1n) is 4.39. The number of likely N-dealkylation sites (N-methyl/N-ethyl adjacent to an activating group) is 1. The lowest BCUT2D eigenvalue weighted by Crippen LogP contribution is -2.26. The molecule has 4 heteroatoms. The monoisotopic (exact) mass is 201 g/mol. The zero-order chi connectivity index (χ0) is 10.6. The molecular weight excluding hydrogens is 188 g/mol. The molecule has 0 bridgehead atoms. The minimum absolute atomic E-state index is 0.0788. The van der Waals surface area contributed by atoms with Crippen molar-refractivity contribution in [2.45, 2.75) is 13.0 Å². The Kier molecular flexibility index (Phi) is 3.83. The maximum Gasteiger partial charge on any atom is 0.162 e. The Bertz CT molecular complexity index is 304. The molecule has 0 amide bonds. The average molecular weight is 201 g/mol. The summed E-state index contributed by atoms with van der Waals surface area (Å²) in [5.74, 6) is -1.41. The summed E-state index contributed by atoms with van der Waals surface area (Å²) in [6.07, 6.45) is -0.0788. The van der Waals surface area contributed by atoms with Crippen molar-refractivity contribution in [1.29, 1.82) is 0 Å². The third-order valence-corrected chi connectivity index (χ3v) is 1.72. The number of hydrogen-bond donors (Lipinski definition) is 1. The molecule has 14 heavy (non-hydrogen) atoms. The van der Waals surface area contributed by atoms with Crippen LogP contribution in [-0.4, -0.2) is 19.7 Å². The van der Waals surface area contributed by atoms with Crippen LogP contribution in [0.15, 0.2) is 18.2 Å². The molecule has 0 aromatic heterocycles. The van der Waals surface area contributed by atoms with Gasteiger partial charge in [0.25, 0.3) is 0 Å². The molecule has 1 rings (SSSR count). The highest BCUT2D eigenvalue weighted by Crippen LogP contribution is 2.16. The highest BCUT2D eigenvalue weighted by molar-refractivity contribution is 5.23. The van der Waals surface area contributed by atoms with E-state index in [2.05, 4.69) is 5.32 Å². The summed E-state index contributed by atoms with van der Waals surface area (Å²) in [6, 6.07) is 3.50. The maximum absolute atomic E-state index is 12.7. The van der Waals surface area contributed by atoms with Crippen molar-refractivity contribution in [3.8, 4) is 5.75 Å². The summed E-state index contributed by atoms with van der Waals surface area (Å²) in [6.45, 7) is 2.50. The standard InChI is InChI=1S/C10H13F2NO/c1-7(6-13-2)14-8-3-4-9(11)10(12)5-8/h3-5,7,13H,6H2,1-2H3. The van der Waals surface area contributed by atoms with Crippen LogP contribution < -0.4 is 10.1 Å². The topological polar surface area (TPSA) is 21.3 Å². The van der Waals surface area contributed by atoms with Crippen LogP contribution in [0.3, 0.4) is 0 Å². The molecule has 0 aliphatic heterocycles. The van der Waals surface area contributed by atoms with E-state index >= 15 is 0 Å². The van der Waals surface area contributed by atoms with Crippen LogP contribution in [-0.2, 0) is 0 Å². The van der Waals surface area contributed by atoms with E-state index < -0.39 is 11.6 Å². The van der Waals surface area contributed by atoms with Gasteiger partial charge in [-0.1, -0.05) is 0 Å². The van der Waals surface area contributed by atoms with E-state index in [0.717, 1.165) is 12.1 Å². The largest absolute Gasteiger partial charge is 0.489 e. The molecule has 1 aromatic carbocycles. The van der Waals surface area contributed by atoms with E-state index in [1.807, 2.05) is 6.92 Å². The number of ether oxygens (including phenoxy) is 1. The molecule has 78 valence electrons. The van der Waals surface area contributed by atoms with Crippen LogP contribution in [0.2, 0.25) is 0 Å². The third kappa shape index (κ3) is 2.96. The number of rotatable bonds is 4. The van der Waals surface area contributed by atoms with Crippen molar-refractivity contribution in [3.63, 3.8) is 0 Å². The summed E-state index contributed by atoms with van der Waals surface area (Å²) in [5.41, 5.74) is 0. The molecule has 0 fully saturated rings. The van der Waals surface area contributed by atoms with Gasteiger partial charge in [0.05, 0.1) is 0 Å². The van der Waals surface area contributed by atoms with Gasteiger partial charge < -0.3 is 10.1 Å². The van der Waals surface area contributed by atoms with Crippen molar-refractivity contribution < 1.29 is 13.5 Å². The van der Waals surface area contributed by atoms with Gasteiger partial charge in [0.15, 0.2) is 11.6 Å². The SMILES string of the molecule is CNCC(C)Oc1ccc(F)c(F)c1. The second-order valence-corrected chi connectivity index (χ2v) is 3.06. The fraction of sp³-hybridized carbons (Fsp3) is 0.400. The number of halogens is 2. The fourth-order valence-corrected chi connectivity index (χ4v) is 1.11. The molecule has 1 atom stereocenters. The zero-order valence-corrected chi connectivity index (χ0v) is 8.18. The van der Waals surface area contributed by atoms with Crippen molar-refractivity contribution in [2.24, 2.45) is 0 Å². The average Bonchev–Trinajstić information content (AvgIpc) is 2.12. The van der Waals surface area contributed by atoms with E-state index in [-0.39, 0.29) is 6.10 Å². The van der Waals surface area contributed by atoms with Crippen LogP contribution in [0.5, 0.6) is 5.75 Å². The normalized spacial score (nSPS) is 12.6. The van der Waals surface area contributed by atoms with Gasteiger partial charge in [-0.05, 0) is 26.1 Å². The van der Waals surface area contributed by atoms with Crippen LogP contribution in [0, 0.1) is 11.6 Å². The highest BCUT2D eigenvalue weighted by Gasteiger charge is 2.06. The highest BCUT2D eigenvalue weighted by atomic mass is 19.2. The minimum Gasteiger partial charge on any atom is -0.489 e. The molecule has 0 radical (unpaired) electrons. The van der Waals surface area contributed by atoms with Gasteiger partial charge >= 0.3 is 0 Å². The van der Waals surface area contributed by atoms with Crippen LogP contribution in [0.4, 0.5) is 8.78 Å². The lowest BCUT2D eigenvalue weighted by Gasteiger charge is -2.13. The lowest BCUT2D eigenvalue weighted by atomic mass is 10.3. The molecular formula is C10H13F2NO. The quantitative estimate of drug-likeness (QED) is 0.804. The zero-order valence-electron chi connectivity index (χ0n) is 8.18. The predicted octanol–water partition coefficient (Wildman–Crippen LogP) is 1.95. The van der Waals surface area contributed by atoms with Crippen LogP contribution >= 0.6 is 0 Å². The Labute approximate surface area is 81.9 Å². The third-order valence-electron chi connectivity index (χ3n) is 1.72. The maximum atomic E-state index is 12.7. The molecule has 0 saturated carbocycles. The Morgan fingerprint density at radius 1 is 1.36 bits per heavy atom. The molecule has 1 unspecified atom stereocenters. The Hall–Kier alpha value is -1.16. The van der Waals surface area contributed by atoms with E-state index in [0.29, 0.717) is 12.3 Å². The van der Waals surface area contributed by atoms with Crippen LogP contribution in [0.25, 0.3) is 0 Å². The van der Waals surface area contributed by atoms with Gasteiger partial charge in [-0.2, -0.15) is 0 Å². The van der Waals surface area contributed by atoms with Gasteiger partial charge in [-0.25, -0.2) is 8.78 Å². The summed E-state index contributed by atoms with van der Waals surface area (Å²) in [5, 5.41) is 2.92. The Morgan fingerprint density at radius 3 is 2.64 bits per heavy atom. The lowest BCUT2D eigenvalue weighted by molar-refractivity contribution is 0.219. The Morgan fingerprint density at radius 2 is 2.07 bits per heavy atom. The molecule has 0 spiro atoms. The number of nitrogens with one attached hydrogen (secondary N) is 1.